The third-order valence-electron chi connectivity index (χ3n) is 4.78. The van der Waals surface area contributed by atoms with E-state index in [4.69, 9.17) is 4.74 Å². The van der Waals surface area contributed by atoms with Crippen molar-refractivity contribution < 1.29 is 19.2 Å². The summed E-state index contributed by atoms with van der Waals surface area (Å²) >= 11 is 3.34. The van der Waals surface area contributed by atoms with E-state index in [9.17, 15) is 19.7 Å². The fourth-order valence-corrected chi connectivity index (χ4v) is 3.72. The molecular formula is C25H22BrN3O5. The van der Waals surface area contributed by atoms with Gasteiger partial charge in [-0.15, -0.1) is 0 Å². The Hall–Kier alpha value is -3.98. The number of amides is 2. The number of non-ortho nitro benzene ring substituents is 1. The normalized spacial score (nSPS) is 11.0. The minimum Gasteiger partial charge on any atom is -0.497 e. The molecule has 0 saturated heterocycles. The van der Waals surface area contributed by atoms with Crippen LogP contribution in [0.4, 0.5) is 11.4 Å². The summed E-state index contributed by atoms with van der Waals surface area (Å²) in [6.45, 7) is 3.81. The van der Waals surface area contributed by atoms with Gasteiger partial charge >= 0.3 is 0 Å². The Kier molecular flexibility index (Phi) is 7.80. The number of nitrogens with zero attached hydrogens (tertiary/aromatic N) is 1. The van der Waals surface area contributed by atoms with Crippen LogP contribution in [0.2, 0.25) is 0 Å². The van der Waals surface area contributed by atoms with Gasteiger partial charge < -0.3 is 15.4 Å². The van der Waals surface area contributed by atoms with Crippen LogP contribution in [-0.4, -0.2) is 23.8 Å². The number of benzene rings is 3. The van der Waals surface area contributed by atoms with Crippen LogP contribution in [0.1, 0.15) is 27.0 Å². The zero-order valence-corrected chi connectivity index (χ0v) is 20.3. The van der Waals surface area contributed by atoms with Crippen LogP contribution in [0.5, 0.6) is 5.75 Å². The number of aryl methyl sites for hydroxylation is 2. The summed E-state index contributed by atoms with van der Waals surface area (Å²) in [5.41, 5.74) is 2.90. The van der Waals surface area contributed by atoms with Crippen molar-refractivity contribution in [3.8, 4) is 5.75 Å². The first-order valence-corrected chi connectivity index (χ1v) is 11.0. The molecule has 0 unspecified atom stereocenters. The lowest BCUT2D eigenvalue weighted by Crippen LogP contribution is -2.31. The number of carbonyl (C=O) groups excluding carboxylic acids is 2. The van der Waals surface area contributed by atoms with Crippen LogP contribution < -0.4 is 15.4 Å². The molecular weight excluding hydrogens is 502 g/mol. The highest BCUT2D eigenvalue weighted by atomic mass is 79.9. The maximum atomic E-state index is 13.2. The maximum Gasteiger partial charge on any atom is 0.272 e. The SMILES string of the molecule is COc1ccc(Br)c(C(=O)NC(=Cc2cccc([N+](=O)[O-])c2)C(=O)Nc2cc(C)cc(C)c2)c1. The van der Waals surface area contributed by atoms with Gasteiger partial charge in [0.05, 0.1) is 17.6 Å². The van der Waals surface area contributed by atoms with E-state index < -0.39 is 16.7 Å². The predicted octanol–water partition coefficient (Wildman–Crippen LogP) is 5.39. The molecule has 174 valence electrons. The summed E-state index contributed by atoms with van der Waals surface area (Å²) in [5, 5.41) is 16.6. The van der Waals surface area contributed by atoms with Gasteiger partial charge in [0.2, 0.25) is 0 Å². The first-order chi connectivity index (χ1) is 16.2. The van der Waals surface area contributed by atoms with Gasteiger partial charge in [-0.2, -0.15) is 0 Å². The number of nitrogens with one attached hydrogen (secondary N) is 2. The molecule has 0 fully saturated rings. The van der Waals surface area contributed by atoms with Gasteiger partial charge in [0.25, 0.3) is 17.5 Å². The van der Waals surface area contributed by atoms with Crippen LogP contribution in [0, 0.1) is 24.0 Å². The standard InChI is InChI=1S/C25H22BrN3O5/c1-15-9-16(2)11-18(10-15)27-25(31)23(13-17-5-4-6-19(12-17)29(32)33)28-24(30)21-14-20(34-3)7-8-22(21)26/h4-14H,1-3H3,(H,27,31)(H,28,30). The number of nitro groups is 1. The summed E-state index contributed by atoms with van der Waals surface area (Å²) in [6.07, 6.45) is 1.39. The molecule has 9 heteroatoms. The molecule has 34 heavy (non-hydrogen) atoms. The molecule has 0 bridgehead atoms. The fraction of sp³-hybridized carbons (Fsp3) is 0.120. The van der Waals surface area contributed by atoms with E-state index in [0.717, 1.165) is 11.1 Å². The second kappa shape index (κ2) is 10.8. The zero-order chi connectivity index (χ0) is 24.8. The highest BCUT2D eigenvalue weighted by Crippen LogP contribution is 2.23. The van der Waals surface area contributed by atoms with Crippen molar-refractivity contribution in [3.63, 3.8) is 0 Å². The van der Waals surface area contributed by atoms with Gasteiger partial charge in [-0.1, -0.05) is 18.2 Å². The van der Waals surface area contributed by atoms with Crippen molar-refractivity contribution in [2.75, 3.05) is 12.4 Å². The quantitative estimate of drug-likeness (QED) is 0.245. The summed E-state index contributed by atoms with van der Waals surface area (Å²) in [5.74, 6) is -0.667. The van der Waals surface area contributed by atoms with Crippen LogP contribution in [0.25, 0.3) is 6.08 Å². The third kappa shape index (κ3) is 6.29. The summed E-state index contributed by atoms with van der Waals surface area (Å²) < 4.78 is 5.70. The van der Waals surface area contributed by atoms with Crippen molar-refractivity contribution >= 4 is 45.2 Å². The van der Waals surface area contributed by atoms with E-state index in [2.05, 4.69) is 26.6 Å². The Labute approximate surface area is 204 Å². The Balaban J connectivity index is 1.99. The second-order valence-electron chi connectivity index (χ2n) is 7.54. The predicted molar refractivity (Wildman–Crippen MR) is 134 cm³/mol. The molecule has 0 aromatic heterocycles. The number of hydrogen-bond donors (Lipinski definition) is 2. The number of halogens is 1. The van der Waals surface area contributed by atoms with Gasteiger partial charge in [-0.05, 0) is 82.9 Å². The molecule has 3 aromatic carbocycles. The minimum absolute atomic E-state index is 0.0839. The molecule has 3 rings (SSSR count). The van der Waals surface area contributed by atoms with Gasteiger partial charge in [-0.3, -0.25) is 19.7 Å². The van der Waals surface area contributed by atoms with Crippen molar-refractivity contribution in [1.29, 1.82) is 0 Å². The highest BCUT2D eigenvalue weighted by molar-refractivity contribution is 9.10. The fourth-order valence-electron chi connectivity index (χ4n) is 3.29. The first-order valence-electron chi connectivity index (χ1n) is 10.2. The van der Waals surface area contributed by atoms with E-state index in [0.29, 0.717) is 21.5 Å². The van der Waals surface area contributed by atoms with E-state index in [1.807, 2.05) is 19.9 Å². The molecule has 0 atom stereocenters. The Morgan fingerprint density at radius 2 is 1.74 bits per heavy atom. The lowest BCUT2D eigenvalue weighted by atomic mass is 10.1. The van der Waals surface area contributed by atoms with E-state index >= 15 is 0 Å². The number of nitro benzene ring substituents is 1. The van der Waals surface area contributed by atoms with Crippen molar-refractivity contribution in [1.82, 2.24) is 5.32 Å². The van der Waals surface area contributed by atoms with E-state index in [1.165, 1.54) is 37.5 Å². The largest absolute Gasteiger partial charge is 0.497 e. The molecule has 0 aliphatic rings. The van der Waals surface area contributed by atoms with Crippen molar-refractivity contribution in [2.24, 2.45) is 0 Å². The van der Waals surface area contributed by atoms with Crippen LogP contribution >= 0.6 is 15.9 Å². The van der Waals surface area contributed by atoms with Gasteiger partial charge in [0.15, 0.2) is 0 Å². The Morgan fingerprint density at radius 1 is 1.03 bits per heavy atom. The topological polar surface area (TPSA) is 111 Å². The van der Waals surface area contributed by atoms with Crippen molar-refractivity contribution in [3.05, 3.63) is 103 Å². The Morgan fingerprint density at radius 3 is 2.38 bits per heavy atom. The molecule has 0 aliphatic heterocycles. The second-order valence-corrected chi connectivity index (χ2v) is 8.39. The molecule has 3 aromatic rings. The molecule has 0 radical (unpaired) electrons. The first kappa shape index (κ1) is 24.7. The number of anilines is 1. The minimum atomic E-state index is -0.580. The van der Waals surface area contributed by atoms with Crippen LogP contribution in [0.15, 0.2) is 70.8 Å². The number of hydrogen-bond acceptors (Lipinski definition) is 5. The van der Waals surface area contributed by atoms with Crippen LogP contribution in [0.3, 0.4) is 0 Å². The monoisotopic (exact) mass is 523 g/mol. The number of rotatable bonds is 7. The summed E-state index contributed by atoms with van der Waals surface area (Å²) in [4.78, 5) is 36.8. The van der Waals surface area contributed by atoms with Crippen molar-refractivity contribution in [2.45, 2.75) is 13.8 Å². The summed E-state index contributed by atoms with van der Waals surface area (Å²) in [7, 11) is 1.48. The molecule has 0 saturated carbocycles. The van der Waals surface area contributed by atoms with E-state index in [-0.39, 0.29) is 16.9 Å². The lowest BCUT2D eigenvalue weighted by Gasteiger charge is -2.13. The Bertz CT molecular complexity index is 1280. The molecule has 2 N–H and O–H groups in total. The molecule has 0 aliphatic carbocycles. The van der Waals surface area contributed by atoms with E-state index in [1.54, 1.807) is 30.3 Å². The average molecular weight is 524 g/mol. The highest BCUT2D eigenvalue weighted by Gasteiger charge is 2.18. The summed E-state index contributed by atoms with van der Waals surface area (Å²) in [6, 6.07) is 16.2. The number of methoxy groups -OCH3 is 1. The molecule has 8 nitrogen and oxygen atoms in total. The smallest absolute Gasteiger partial charge is 0.272 e. The van der Waals surface area contributed by atoms with Gasteiger partial charge in [-0.25, -0.2) is 0 Å². The zero-order valence-electron chi connectivity index (χ0n) is 18.7. The molecule has 0 spiro atoms. The maximum absolute atomic E-state index is 13.2. The number of ether oxygens (including phenoxy) is 1. The van der Waals surface area contributed by atoms with Gasteiger partial charge in [0.1, 0.15) is 11.4 Å². The number of carbonyl (C=O) groups is 2. The average Bonchev–Trinajstić information content (AvgIpc) is 2.78. The molecule has 0 heterocycles. The van der Waals surface area contributed by atoms with Gasteiger partial charge in [0, 0.05) is 22.3 Å². The third-order valence-corrected chi connectivity index (χ3v) is 5.47. The van der Waals surface area contributed by atoms with Crippen LogP contribution in [-0.2, 0) is 4.79 Å². The lowest BCUT2D eigenvalue weighted by molar-refractivity contribution is -0.384. The molecule has 2 amide bonds.